The van der Waals surface area contributed by atoms with Gasteiger partial charge in [-0.25, -0.2) is 4.79 Å². The van der Waals surface area contributed by atoms with Gasteiger partial charge in [-0.15, -0.1) is 0 Å². The number of esters is 1. The predicted molar refractivity (Wildman–Crippen MR) is 147 cm³/mol. The molecule has 1 aliphatic rings. The Kier molecular flexibility index (Phi) is 7.50. The van der Waals surface area contributed by atoms with Crippen LogP contribution in [0.3, 0.4) is 0 Å². The molecule has 0 aromatic heterocycles. The molecule has 0 fully saturated rings. The number of carboxylic acids is 1. The van der Waals surface area contributed by atoms with Gasteiger partial charge in [-0.1, -0.05) is 72.8 Å². The van der Waals surface area contributed by atoms with Crippen molar-refractivity contribution in [2.24, 2.45) is 0 Å². The van der Waals surface area contributed by atoms with Crippen molar-refractivity contribution in [1.29, 1.82) is 0 Å². The molecule has 1 N–H and O–H groups in total. The van der Waals surface area contributed by atoms with Crippen LogP contribution in [-0.4, -0.2) is 43.2 Å². The molecule has 0 aliphatic carbocycles. The number of hydrogen-bond donors (Lipinski definition) is 1. The van der Waals surface area contributed by atoms with Crippen LogP contribution in [0.2, 0.25) is 0 Å². The number of methoxy groups -OCH3 is 1. The van der Waals surface area contributed by atoms with E-state index in [1.165, 1.54) is 4.90 Å². The molecular weight excluding hydrogens is 510 g/mol. The van der Waals surface area contributed by atoms with E-state index in [1.807, 2.05) is 54.6 Å². The zero-order valence-electron chi connectivity index (χ0n) is 21.8. The number of hydrogen-bond acceptors (Lipinski definition) is 6. The Bertz CT molecular complexity index is 1520. The first kappa shape index (κ1) is 26.5. The van der Waals surface area contributed by atoms with Gasteiger partial charge in [-0.3, -0.25) is 14.5 Å². The van der Waals surface area contributed by atoms with Crippen LogP contribution in [0.5, 0.6) is 11.5 Å². The van der Waals surface area contributed by atoms with Crippen LogP contribution < -0.4 is 14.4 Å². The molecule has 5 rings (SSSR count). The van der Waals surface area contributed by atoms with Gasteiger partial charge in [0.15, 0.2) is 6.61 Å². The third-order valence-corrected chi connectivity index (χ3v) is 6.87. The first-order valence-electron chi connectivity index (χ1n) is 12.6. The number of carbonyl (C=O) groups excluding carboxylic acids is 2. The molecule has 0 bridgehead atoms. The number of rotatable bonds is 10. The molecule has 0 saturated heterocycles. The fraction of sp³-hybridized carbons (Fsp3) is 0.156. The van der Waals surface area contributed by atoms with E-state index in [1.54, 1.807) is 55.6 Å². The van der Waals surface area contributed by atoms with Crippen LogP contribution in [0.15, 0.2) is 103 Å². The monoisotopic (exact) mass is 537 g/mol. The molecule has 1 aliphatic heterocycles. The molecule has 0 spiro atoms. The maximum atomic E-state index is 14.2. The van der Waals surface area contributed by atoms with E-state index in [0.717, 1.165) is 5.56 Å². The molecular formula is C32H27NO7. The number of nitrogens with zero attached hydrogens (tertiary/aromatic N) is 1. The van der Waals surface area contributed by atoms with E-state index in [-0.39, 0.29) is 19.1 Å². The molecule has 40 heavy (non-hydrogen) atoms. The van der Waals surface area contributed by atoms with Gasteiger partial charge in [0.05, 0.1) is 7.11 Å². The average molecular weight is 538 g/mol. The Morgan fingerprint density at radius 2 is 1.40 bits per heavy atom. The maximum absolute atomic E-state index is 14.2. The van der Waals surface area contributed by atoms with Gasteiger partial charge in [-0.2, -0.15) is 0 Å². The van der Waals surface area contributed by atoms with Crippen LogP contribution in [0.4, 0.5) is 5.69 Å². The highest BCUT2D eigenvalue weighted by atomic mass is 16.6. The molecule has 4 aromatic carbocycles. The Balaban J connectivity index is 1.45. The molecule has 1 atom stereocenters. The first-order valence-corrected chi connectivity index (χ1v) is 12.6. The molecule has 4 aromatic rings. The lowest BCUT2D eigenvalue weighted by atomic mass is 9.70. The van der Waals surface area contributed by atoms with Crippen LogP contribution in [0, 0.1) is 0 Å². The summed E-state index contributed by atoms with van der Waals surface area (Å²) in [6.45, 7) is -0.593. The summed E-state index contributed by atoms with van der Waals surface area (Å²) in [5, 5.41) is 9.58. The minimum absolute atomic E-state index is 0.153. The van der Waals surface area contributed by atoms with E-state index in [0.29, 0.717) is 33.9 Å². The average Bonchev–Trinajstić information content (AvgIpc) is 3.23. The van der Waals surface area contributed by atoms with Crippen LogP contribution in [-0.2, 0) is 31.1 Å². The smallest absolute Gasteiger partial charge is 0.344 e. The molecule has 8 nitrogen and oxygen atoms in total. The SMILES string of the molecule is COc1ccc(C2(c3ccc(OCC(=O)OCc4ccccc4)cc3)C(=O)N(CC(=O)O)c3ccccc32)cc1. The van der Waals surface area contributed by atoms with Crippen molar-refractivity contribution in [3.05, 3.63) is 125 Å². The first-order chi connectivity index (χ1) is 19.4. The molecule has 202 valence electrons. The topological polar surface area (TPSA) is 102 Å². The van der Waals surface area contributed by atoms with Crippen molar-refractivity contribution >= 4 is 23.5 Å². The van der Waals surface area contributed by atoms with Gasteiger partial charge < -0.3 is 19.3 Å². The third kappa shape index (κ3) is 4.99. The van der Waals surface area contributed by atoms with Crippen molar-refractivity contribution in [2.45, 2.75) is 12.0 Å². The summed E-state index contributed by atoms with van der Waals surface area (Å²) in [4.78, 5) is 39.4. The number of amides is 1. The second-order valence-electron chi connectivity index (χ2n) is 9.24. The summed E-state index contributed by atoms with van der Waals surface area (Å²) in [5.41, 5.74) is 2.07. The summed E-state index contributed by atoms with van der Waals surface area (Å²) in [7, 11) is 1.56. The molecule has 1 unspecified atom stereocenters. The van der Waals surface area contributed by atoms with E-state index >= 15 is 0 Å². The zero-order valence-corrected chi connectivity index (χ0v) is 21.8. The molecule has 1 heterocycles. The minimum atomic E-state index is -1.30. The number of para-hydroxylation sites is 1. The molecule has 0 saturated carbocycles. The summed E-state index contributed by atoms with van der Waals surface area (Å²) in [6, 6.07) is 30.6. The number of carbonyl (C=O) groups is 3. The summed E-state index contributed by atoms with van der Waals surface area (Å²) < 4.78 is 16.2. The normalized spacial score (nSPS) is 15.8. The van der Waals surface area contributed by atoms with Gasteiger partial charge in [0.2, 0.25) is 5.91 Å². The van der Waals surface area contributed by atoms with E-state index in [2.05, 4.69) is 0 Å². The zero-order chi connectivity index (χ0) is 28.1. The maximum Gasteiger partial charge on any atom is 0.344 e. The highest BCUT2D eigenvalue weighted by molar-refractivity contribution is 6.14. The number of fused-ring (bicyclic) bond motifs is 1. The lowest BCUT2D eigenvalue weighted by Crippen LogP contribution is -2.44. The Morgan fingerprint density at radius 1 is 0.800 bits per heavy atom. The Labute approximate surface area is 231 Å². The van der Waals surface area contributed by atoms with Crippen molar-refractivity contribution in [2.75, 3.05) is 25.2 Å². The fourth-order valence-corrected chi connectivity index (χ4v) is 5.03. The van der Waals surface area contributed by atoms with Crippen LogP contribution in [0.1, 0.15) is 22.3 Å². The minimum Gasteiger partial charge on any atom is -0.497 e. The number of carboxylic acid groups (broad SMARTS) is 1. The van der Waals surface area contributed by atoms with E-state index in [9.17, 15) is 19.5 Å². The summed E-state index contributed by atoms with van der Waals surface area (Å²) >= 11 is 0. The largest absolute Gasteiger partial charge is 0.497 e. The number of ether oxygens (including phenoxy) is 3. The highest BCUT2D eigenvalue weighted by Crippen LogP contribution is 2.50. The molecule has 8 heteroatoms. The lowest BCUT2D eigenvalue weighted by molar-refractivity contribution is -0.147. The summed E-state index contributed by atoms with van der Waals surface area (Å²) in [5.74, 6) is -0.947. The van der Waals surface area contributed by atoms with Gasteiger partial charge in [0, 0.05) is 11.3 Å². The Hall–Kier alpha value is -5.11. The van der Waals surface area contributed by atoms with Gasteiger partial charge in [0.1, 0.15) is 30.1 Å². The third-order valence-electron chi connectivity index (χ3n) is 6.87. The van der Waals surface area contributed by atoms with Crippen molar-refractivity contribution in [3.63, 3.8) is 0 Å². The molecule has 0 radical (unpaired) electrons. The van der Waals surface area contributed by atoms with Crippen LogP contribution >= 0.6 is 0 Å². The van der Waals surface area contributed by atoms with E-state index in [4.69, 9.17) is 14.2 Å². The lowest BCUT2D eigenvalue weighted by Gasteiger charge is -2.30. The highest BCUT2D eigenvalue weighted by Gasteiger charge is 2.53. The number of aliphatic carboxylic acids is 1. The summed E-state index contributed by atoms with van der Waals surface area (Å²) in [6.07, 6.45) is 0. The van der Waals surface area contributed by atoms with Crippen LogP contribution in [0.25, 0.3) is 0 Å². The van der Waals surface area contributed by atoms with E-state index < -0.39 is 23.9 Å². The second kappa shape index (κ2) is 11.3. The Morgan fingerprint density at radius 3 is 2.02 bits per heavy atom. The van der Waals surface area contributed by atoms with Gasteiger partial charge in [-0.05, 0) is 47.0 Å². The fourth-order valence-electron chi connectivity index (χ4n) is 5.03. The van der Waals surface area contributed by atoms with Crippen molar-refractivity contribution in [3.8, 4) is 11.5 Å². The standard InChI is InChI=1S/C32H27NO7/c1-38-25-15-11-23(12-16-25)32(27-9-5-6-10-28(27)33(31(32)37)19-29(34)35)24-13-17-26(18-14-24)39-21-30(36)40-20-22-7-3-2-4-8-22/h2-18H,19-21H2,1H3,(H,34,35). The number of anilines is 1. The van der Waals surface area contributed by atoms with Gasteiger partial charge >= 0.3 is 11.9 Å². The predicted octanol–water partition coefficient (Wildman–Crippen LogP) is 4.58. The number of benzene rings is 4. The van der Waals surface area contributed by atoms with Crippen molar-refractivity contribution < 1.29 is 33.7 Å². The van der Waals surface area contributed by atoms with Crippen molar-refractivity contribution in [1.82, 2.24) is 0 Å². The van der Waals surface area contributed by atoms with Gasteiger partial charge in [0.25, 0.3) is 0 Å². The quantitative estimate of drug-likeness (QED) is 0.296. The second-order valence-corrected chi connectivity index (χ2v) is 9.24. The molecule has 1 amide bonds.